The molecular weight excluding hydrogens is 351 g/mol. The first kappa shape index (κ1) is 20.4. The Kier molecular flexibility index (Phi) is 5.75. The highest BCUT2D eigenvalue weighted by Gasteiger charge is 2.47. The van der Waals surface area contributed by atoms with E-state index in [9.17, 15) is 23.1 Å². The maximum atomic E-state index is 12.9. The molecule has 1 amide bonds. The molecule has 1 N–H and O–H groups in total. The van der Waals surface area contributed by atoms with Crippen LogP contribution >= 0.6 is 0 Å². The highest BCUT2D eigenvalue weighted by atomic mass is 19.4. The first-order valence-corrected chi connectivity index (χ1v) is 8.31. The number of methoxy groups -OCH3 is 1. The third kappa shape index (κ3) is 4.41. The zero-order valence-corrected chi connectivity index (χ0v) is 15.2. The minimum Gasteiger partial charge on any atom is -0.488 e. The van der Waals surface area contributed by atoms with Crippen molar-refractivity contribution < 1.29 is 32.5 Å². The molecule has 146 valence electrons. The molecule has 0 radical (unpaired) electrons. The average molecular weight is 375 g/mol. The topological polar surface area (TPSA) is 59.0 Å². The van der Waals surface area contributed by atoms with E-state index in [0.29, 0.717) is 6.42 Å². The molecular formula is C18H24F3NO4. The maximum absolute atomic E-state index is 12.9. The molecule has 26 heavy (non-hydrogen) atoms. The fourth-order valence-electron chi connectivity index (χ4n) is 3.45. The van der Waals surface area contributed by atoms with Gasteiger partial charge in [-0.3, -0.25) is 0 Å². The number of piperidine rings is 1. The van der Waals surface area contributed by atoms with Crippen LogP contribution in [0, 0.1) is 5.41 Å². The van der Waals surface area contributed by atoms with Gasteiger partial charge in [-0.25, -0.2) is 4.79 Å². The van der Waals surface area contributed by atoms with Crippen LogP contribution in [-0.2, 0) is 10.9 Å². The van der Waals surface area contributed by atoms with Crippen LogP contribution in [0.15, 0.2) is 24.3 Å². The summed E-state index contributed by atoms with van der Waals surface area (Å²) in [5.74, 6) is 0.0864. The van der Waals surface area contributed by atoms with E-state index >= 15 is 0 Å². The van der Waals surface area contributed by atoms with Gasteiger partial charge in [0.15, 0.2) is 0 Å². The predicted octanol–water partition coefficient (Wildman–Crippen LogP) is 4.27. The summed E-state index contributed by atoms with van der Waals surface area (Å²) in [4.78, 5) is 12.9. The van der Waals surface area contributed by atoms with Gasteiger partial charge in [-0.05, 0) is 23.6 Å². The molecule has 1 aliphatic rings. The van der Waals surface area contributed by atoms with Crippen molar-refractivity contribution in [2.45, 2.75) is 51.6 Å². The zero-order chi connectivity index (χ0) is 19.7. The van der Waals surface area contributed by atoms with Crippen molar-refractivity contribution in [3.8, 4) is 5.75 Å². The van der Waals surface area contributed by atoms with E-state index in [4.69, 9.17) is 9.47 Å². The Labute approximate surface area is 150 Å². The van der Waals surface area contributed by atoms with Crippen LogP contribution in [0.3, 0.4) is 0 Å². The third-order valence-corrected chi connectivity index (χ3v) is 4.52. The van der Waals surface area contributed by atoms with E-state index in [1.54, 1.807) is 0 Å². The Bertz CT molecular complexity index is 642. The second-order valence-corrected chi connectivity index (χ2v) is 7.46. The summed E-state index contributed by atoms with van der Waals surface area (Å²) >= 11 is 0. The minimum atomic E-state index is -4.46. The monoisotopic (exact) mass is 375 g/mol. The number of likely N-dealkylation sites (tertiary alicyclic amines) is 1. The molecule has 1 aromatic carbocycles. The lowest BCUT2D eigenvalue weighted by atomic mass is 9.78. The van der Waals surface area contributed by atoms with Crippen molar-refractivity contribution in [2.24, 2.45) is 5.41 Å². The highest BCUT2D eigenvalue weighted by Crippen LogP contribution is 2.36. The van der Waals surface area contributed by atoms with Gasteiger partial charge in [-0.2, -0.15) is 13.2 Å². The number of hydrogen-bond donors (Lipinski definition) is 1. The molecule has 0 bridgehead atoms. The SMILES string of the molecule is COC1C(Oc2cccc(C(F)(F)F)c2)CCN(C(=O)O)C1C(C)(C)C. The van der Waals surface area contributed by atoms with Crippen molar-refractivity contribution in [3.63, 3.8) is 0 Å². The number of nitrogens with zero attached hydrogens (tertiary/aromatic N) is 1. The Morgan fingerprint density at radius 1 is 1.27 bits per heavy atom. The van der Waals surface area contributed by atoms with Gasteiger partial charge in [0.25, 0.3) is 0 Å². The first-order valence-electron chi connectivity index (χ1n) is 8.31. The molecule has 0 aliphatic carbocycles. The van der Waals surface area contributed by atoms with Crippen molar-refractivity contribution in [1.82, 2.24) is 4.90 Å². The number of alkyl halides is 3. The van der Waals surface area contributed by atoms with Gasteiger partial charge >= 0.3 is 12.3 Å². The molecule has 0 aromatic heterocycles. The van der Waals surface area contributed by atoms with Crippen molar-refractivity contribution >= 4 is 6.09 Å². The number of carboxylic acid groups (broad SMARTS) is 1. The van der Waals surface area contributed by atoms with Gasteiger partial charge < -0.3 is 19.5 Å². The molecule has 3 atom stereocenters. The van der Waals surface area contributed by atoms with Gasteiger partial charge in [-0.1, -0.05) is 26.8 Å². The Morgan fingerprint density at radius 3 is 2.42 bits per heavy atom. The Hall–Kier alpha value is -1.96. The van der Waals surface area contributed by atoms with Gasteiger partial charge in [0, 0.05) is 20.1 Å². The van der Waals surface area contributed by atoms with Crippen LogP contribution in [0.25, 0.3) is 0 Å². The molecule has 5 nitrogen and oxygen atoms in total. The number of amides is 1. The number of halogens is 3. The zero-order valence-electron chi connectivity index (χ0n) is 15.2. The number of ether oxygens (including phenoxy) is 2. The lowest BCUT2D eigenvalue weighted by Crippen LogP contribution is -2.62. The summed E-state index contributed by atoms with van der Waals surface area (Å²) in [6, 6.07) is 4.17. The van der Waals surface area contributed by atoms with Crippen molar-refractivity contribution in [2.75, 3.05) is 13.7 Å². The summed E-state index contributed by atoms with van der Waals surface area (Å²) in [6.07, 6.45) is -6.34. The summed E-state index contributed by atoms with van der Waals surface area (Å²) in [5, 5.41) is 9.49. The maximum Gasteiger partial charge on any atom is 0.416 e. The van der Waals surface area contributed by atoms with Crippen molar-refractivity contribution in [3.05, 3.63) is 29.8 Å². The second kappa shape index (κ2) is 7.34. The first-order chi connectivity index (χ1) is 11.9. The molecule has 1 fully saturated rings. The third-order valence-electron chi connectivity index (χ3n) is 4.52. The van der Waals surface area contributed by atoms with Crippen LogP contribution in [0.4, 0.5) is 18.0 Å². The molecule has 1 saturated heterocycles. The van der Waals surface area contributed by atoms with Gasteiger partial charge in [0.2, 0.25) is 0 Å². The summed E-state index contributed by atoms with van der Waals surface area (Å²) in [6.45, 7) is 5.91. The summed E-state index contributed by atoms with van der Waals surface area (Å²) < 4.78 is 50.0. The van der Waals surface area contributed by atoms with Crippen LogP contribution in [0.5, 0.6) is 5.75 Å². The van der Waals surface area contributed by atoms with Gasteiger partial charge in [0.1, 0.15) is 18.0 Å². The highest BCUT2D eigenvalue weighted by molar-refractivity contribution is 5.66. The van der Waals surface area contributed by atoms with Crippen LogP contribution in [0.1, 0.15) is 32.8 Å². The molecule has 1 aromatic rings. The fourth-order valence-corrected chi connectivity index (χ4v) is 3.45. The van der Waals surface area contributed by atoms with E-state index in [-0.39, 0.29) is 12.3 Å². The standard InChI is InChI=1S/C18H24F3NO4/c1-17(2,3)15-14(25-4)13(8-9-22(15)16(23)24)26-12-7-5-6-11(10-12)18(19,20)21/h5-7,10,13-15H,8-9H2,1-4H3,(H,23,24). The molecule has 2 rings (SSSR count). The van der Waals surface area contributed by atoms with Crippen molar-refractivity contribution in [1.29, 1.82) is 0 Å². The largest absolute Gasteiger partial charge is 0.488 e. The normalized spacial score (nSPS) is 24.4. The molecule has 1 heterocycles. The predicted molar refractivity (Wildman–Crippen MR) is 89.2 cm³/mol. The van der Waals surface area contributed by atoms with E-state index in [1.165, 1.54) is 24.1 Å². The fraction of sp³-hybridized carbons (Fsp3) is 0.611. The Balaban J connectivity index is 2.28. The van der Waals surface area contributed by atoms with Crippen LogP contribution in [0.2, 0.25) is 0 Å². The molecule has 3 unspecified atom stereocenters. The summed E-state index contributed by atoms with van der Waals surface area (Å²) in [5.41, 5.74) is -1.23. The number of benzene rings is 1. The number of hydrogen-bond acceptors (Lipinski definition) is 3. The van der Waals surface area contributed by atoms with E-state index < -0.39 is 41.5 Å². The number of rotatable bonds is 3. The minimum absolute atomic E-state index is 0.0864. The molecule has 1 aliphatic heterocycles. The average Bonchev–Trinajstić information content (AvgIpc) is 2.52. The second-order valence-electron chi connectivity index (χ2n) is 7.46. The van der Waals surface area contributed by atoms with E-state index in [2.05, 4.69) is 0 Å². The molecule has 8 heteroatoms. The quantitative estimate of drug-likeness (QED) is 0.857. The van der Waals surface area contributed by atoms with E-state index in [0.717, 1.165) is 12.1 Å². The smallest absolute Gasteiger partial charge is 0.416 e. The lowest BCUT2D eigenvalue weighted by Gasteiger charge is -2.48. The van der Waals surface area contributed by atoms with Crippen LogP contribution < -0.4 is 4.74 Å². The lowest BCUT2D eigenvalue weighted by molar-refractivity contribution is -0.138. The number of carbonyl (C=O) groups is 1. The van der Waals surface area contributed by atoms with Gasteiger partial charge in [0.05, 0.1) is 11.6 Å². The summed E-state index contributed by atoms with van der Waals surface area (Å²) in [7, 11) is 1.46. The van der Waals surface area contributed by atoms with Gasteiger partial charge in [-0.15, -0.1) is 0 Å². The van der Waals surface area contributed by atoms with E-state index in [1.807, 2.05) is 20.8 Å². The Morgan fingerprint density at radius 2 is 1.92 bits per heavy atom. The molecule has 0 saturated carbocycles. The molecule has 0 spiro atoms. The van der Waals surface area contributed by atoms with Crippen LogP contribution in [-0.4, -0.2) is 48.0 Å².